The van der Waals surface area contributed by atoms with Crippen LogP contribution in [-0.2, 0) is 11.4 Å². The Morgan fingerprint density at radius 1 is 1.11 bits per heavy atom. The Balaban J connectivity index is 1.63. The van der Waals surface area contributed by atoms with E-state index in [1.807, 2.05) is 34.9 Å². The van der Waals surface area contributed by atoms with Crippen LogP contribution in [0.5, 0.6) is 5.75 Å². The summed E-state index contributed by atoms with van der Waals surface area (Å²) in [5.41, 5.74) is 0.877. The highest BCUT2D eigenvalue weighted by molar-refractivity contribution is 8.00. The van der Waals surface area contributed by atoms with Gasteiger partial charge in [0, 0.05) is 12.1 Å². The third-order valence-corrected chi connectivity index (χ3v) is 5.66. The normalized spacial score (nSPS) is 16.6. The van der Waals surface area contributed by atoms with Crippen molar-refractivity contribution in [3.63, 3.8) is 0 Å². The largest absolute Gasteiger partial charge is 0.483 e. The van der Waals surface area contributed by atoms with E-state index < -0.39 is 5.82 Å². The van der Waals surface area contributed by atoms with Gasteiger partial charge in [-0.2, -0.15) is 0 Å². The molecule has 4 rings (SSSR count). The van der Waals surface area contributed by atoms with Crippen LogP contribution < -0.4 is 4.74 Å². The van der Waals surface area contributed by atoms with Crippen molar-refractivity contribution in [3.8, 4) is 11.4 Å². The second kappa shape index (κ2) is 7.92. The van der Waals surface area contributed by atoms with Crippen LogP contribution in [0.2, 0.25) is 0 Å². The van der Waals surface area contributed by atoms with Crippen LogP contribution in [0.3, 0.4) is 0 Å². The van der Waals surface area contributed by atoms with Gasteiger partial charge in [-0.1, -0.05) is 42.1 Å². The van der Waals surface area contributed by atoms with Gasteiger partial charge in [-0.25, -0.2) is 4.39 Å². The molecule has 1 fully saturated rings. The summed E-state index contributed by atoms with van der Waals surface area (Å²) in [5.74, 6) is 0.555. The van der Waals surface area contributed by atoms with Crippen molar-refractivity contribution in [2.24, 2.45) is 0 Å². The van der Waals surface area contributed by atoms with Gasteiger partial charge in [0.25, 0.3) is 0 Å². The predicted octanol–water partition coefficient (Wildman–Crippen LogP) is 4.20. The summed E-state index contributed by atoms with van der Waals surface area (Å²) in [7, 11) is 0. The van der Waals surface area contributed by atoms with Gasteiger partial charge in [0.05, 0.1) is 5.25 Å². The molecule has 1 atom stereocenters. The smallest absolute Gasteiger partial charge is 0.196 e. The summed E-state index contributed by atoms with van der Waals surface area (Å²) < 4.78 is 21.3. The first-order chi connectivity index (χ1) is 13.2. The van der Waals surface area contributed by atoms with Gasteiger partial charge in [-0.15, -0.1) is 10.2 Å². The Morgan fingerprint density at radius 3 is 2.63 bits per heavy atom. The number of ether oxygens (including phenoxy) is 1. The van der Waals surface area contributed by atoms with E-state index in [0.717, 1.165) is 18.5 Å². The molecule has 1 heterocycles. The van der Waals surface area contributed by atoms with E-state index in [2.05, 4.69) is 10.2 Å². The van der Waals surface area contributed by atoms with Crippen molar-refractivity contribution in [1.82, 2.24) is 14.8 Å². The number of Topliss-reactive ketones (excluding diaryl/α,β-unsaturated/α-hetero) is 1. The minimum Gasteiger partial charge on any atom is -0.483 e. The van der Waals surface area contributed by atoms with Crippen molar-refractivity contribution in [1.29, 1.82) is 0 Å². The van der Waals surface area contributed by atoms with Crippen LogP contribution in [0.15, 0.2) is 59.8 Å². The number of benzene rings is 2. The molecule has 1 aliphatic rings. The van der Waals surface area contributed by atoms with Crippen LogP contribution >= 0.6 is 11.8 Å². The Hall–Kier alpha value is -2.67. The fourth-order valence-electron chi connectivity index (χ4n) is 3.05. The van der Waals surface area contributed by atoms with Crippen LogP contribution in [0.25, 0.3) is 5.69 Å². The number of hydrogen-bond donors (Lipinski definition) is 0. The van der Waals surface area contributed by atoms with Gasteiger partial charge in [0.1, 0.15) is 12.4 Å². The third kappa shape index (κ3) is 3.88. The Morgan fingerprint density at radius 2 is 1.89 bits per heavy atom. The van der Waals surface area contributed by atoms with E-state index >= 15 is 0 Å². The average Bonchev–Trinajstić information content (AvgIpc) is 3.28. The van der Waals surface area contributed by atoms with Gasteiger partial charge < -0.3 is 4.74 Å². The van der Waals surface area contributed by atoms with Crippen molar-refractivity contribution in [3.05, 3.63) is 66.2 Å². The van der Waals surface area contributed by atoms with E-state index in [4.69, 9.17) is 4.74 Å². The number of halogens is 1. The number of carbonyl (C=O) groups excluding carboxylic acids is 1. The molecule has 0 N–H and O–H groups in total. The number of thioether (sulfide) groups is 1. The molecular weight excluding hydrogens is 365 g/mol. The summed E-state index contributed by atoms with van der Waals surface area (Å²) in [5, 5.41) is 9.07. The minimum atomic E-state index is -0.422. The molecular formula is C20H18FN3O2S. The summed E-state index contributed by atoms with van der Waals surface area (Å²) in [4.78, 5) is 12.0. The first kappa shape index (κ1) is 17.7. The summed E-state index contributed by atoms with van der Waals surface area (Å²) in [6.07, 6.45) is 2.39. The van der Waals surface area contributed by atoms with E-state index in [1.165, 1.54) is 17.8 Å². The van der Waals surface area contributed by atoms with Gasteiger partial charge in [-0.3, -0.25) is 9.36 Å². The molecule has 0 bridgehead atoms. The van der Waals surface area contributed by atoms with Gasteiger partial charge >= 0.3 is 0 Å². The maximum atomic E-state index is 13.8. The molecule has 138 valence electrons. The molecule has 5 nitrogen and oxygen atoms in total. The molecule has 0 saturated heterocycles. The number of hydrogen-bond acceptors (Lipinski definition) is 5. The van der Waals surface area contributed by atoms with E-state index in [9.17, 15) is 9.18 Å². The second-order valence-corrected chi connectivity index (χ2v) is 7.42. The molecule has 7 heteroatoms. The van der Waals surface area contributed by atoms with E-state index in [0.29, 0.717) is 17.4 Å². The van der Waals surface area contributed by atoms with Gasteiger partial charge in [0.15, 0.2) is 22.5 Å². The predicted molar refractivity (Wildman–Crippen MR) is 101 cm³/mol. The Bertz CT molecular complexity index is 945. The summed E-state index contributed by atoms with van der Waals surface area (Å²) in [6.45, 7) is 0.0714. The lowest BCUT2D eigenvalue weighted by molar-refractivity contribution is -0.116. The average molecular weight is 383 g/mol. The zero-order valence-corrected chi connectivity index (χ0v) is 15.4. The molecule has 0 amide bonds. The lowest BCUT2D eigenvalue weighted by Crippen LogP contribution is -2.11. The van der Waals surface area contributed by atoms with Crippen LogP contribution in [0.4, 0.5) is 4.39 Å². The zero-order valence-electron chi connectivity index (χ0n) is 14.5. The quantitative estimate of drug-likeness (QED) is 0.639. The molecule has 1 saturated carbocycles. The molecule has 27 heavy (non-hydrogen) atoms. The number of rotatable bonds is 6. The van der Waals surface area contributed by atoms with Crippen molar-refractivity contribution in [2.45, 2.75) is 36.3 Å². The highest BCUT2D eigenvalue weighted by Gasteiger charge is 2.28. The summed E-state index contributed by atoms with van der Waals surface area (Å²) >= 11 is 1.44. The lowest BCUT2D eigenvalue weighted by atomic mass is 10.3. The Kier molecular flexibility index (Phi) is 5.20. The van der Waals surface area contributed by atoms with Gasteiger partial charge in [-0.05, 0) is 37.1 Å². The fraction of sp³-hybridized carbons (Fsp3) is 0.250. The first-order valence-electron chi connectivity index (χ1n) is 8.79. The number of para-hydroxylation sites is 2. The molecule has 1 aromatic heterocycles. The maximum absolute atomic E-state index is 13.8. The van der Waals surface area contributed by atoms with Crippen molar-refractivity contribution < 1.29 is 13.9 Å². The second-order valence-electron chi connectivity index (χ2n) is 6.25. The lowest BCUT2D eigenvalue weighted by Gasteiger charge is -2.13. The number of aromatic nitrogens is 3. The van der Waals surface area contributed by atoms with Crippen molar-refractivity contribution in [2.75, 3.05) is 0 Å². The zero-order chi connectivity index (χ0) is 18.6. The highest BCUT2D eigenvalue weighted by atomic mass is 32.2. The van der Waals surface area contributed by atoms with Crippen LogP contribution in [-0.4, -0.2) is 25.8 Å². The number of nitrogens with zero attached hydrogens (tertiary/aromatic N) is 3. The molecule has 0 radical (unpaired) electrons. The maximum Gasteiger partial charge on any atom is 0.196 e. The third-order valence-electron chi connectivity index (χ3n) is 4.40. The topological polar surface area (TPSA) is 57.0 Å². The fourth-order valence-corrected chi connectivity index (χ4v) is 4.24. The molecule has 2 aromatic carbocycles. The van der Waals surface area contributed by atoms with Crippen LogP contribution in [0.1, 0.15) is 25.1 Å². The molecule has 0 spiro atoms. The monoisotopic (exact) mass is 383 g/mol. The van der Waals surface area contributed by atoms with Crippen molar-refractivity contribution >= 4 is 17.5 Å². The van der Waals surface area contributed by atoms with Gasteiger partial charge in [0.2, 0.25) is 0 Å². The van der Waals surface area contributed by atoms with Crippen LogP contribution in [0, 0.1) is 5.82 Å². The number of carbonyl (C=O) groups is 1. The Labute approximate surface area is 160 Å². The standard InChI is InChI=1S/C20H18FN3O2S/c21-15-9-4-5-11-17(15)26-13-19-22-23-20(27-18-12-6-10-16(18)25)24(19)14-7-2-1-3-8-14/h1-5,7-9,11,18H,6,10,12-13H2. The van der Waals surface area contributed by atoms with E-state index in [-0.39, 0.29) is 23.4 Å². The first-order valence-corrected chi connectivity index (χ1v) is 9.67. The SMILES string of the molecule is O=C1CCCC1Sc1nnc(COc2ccccc2F)n1-c1ccccc1. The molecule has 0 aliphatic heterocycles. The highest BCUT2D eigenvalue weighted by Crippen LogP contribution is 2.33. The summed E-state index contributed by atoms with van der Waals surface area (Å²) in [6, 6.07) is 15.9. The molecule has 1 unspecified atom stereocenters. The molecule has 1 aliphatic carbocycles. The number of ketones is 1. The molecule has 3 aromatic rings. The van der Waals surface area contributed by atoms with E-state index in [1.54, 1.807) is 18.2 Å². The minimum absolute atomic E-state index is 0.0714.